The van der Waals surface area contributed by atoms with Gasteiger partial charge in [0.1, 0.15) is 6.04 Å². The van der Waals surface area contributed by atoms with Crippen molar-refractivity contribution in [3.8, 4) is 6.07 Å². The highest BCUT2D eigenvalue weighted by atomic mass is 19.3. The number of hydrogen-bond acceptors (Lipinski definition) is 4. The Hall–Kier alpha value is -2.27. The van der Waals surface area contributed by atoms with Crippen LogP contribution in [0.2, 0.25) is 0 Å². The average Bonchev–Trinajstić information content (AvgIpc) is 2.82. The predicted octanol–water partition coefficient (Wildman–Crippen LogP) is 0.451. The van der Waals surface area contributed by atoms with Crippen molar-refractivity contribution in [1.82, 2.24) is 15.3 Å². The molecule has 1 N–H and O–H groups in total. The number of hydrogen-bond donors (Lipinski definition) is 1. The summed E-state index contributed by atoms with van der Waals surface area (Å²) < 4.78 is 26.8. The molecule has 0 bridgehead atoms. The molecule has 2 saturated heterocycles. The van der Waals surface area contributed by atoms with Crippen LogP contribution in [0, 0.1) is 23.2 Å². The van der Waals surface area contributed by atoms with Crippen LogP contribution in [-0.4, -0.2) is 53.3 Å². The van der Waals surface area contributed by atoms with Crippen molar-refractivity contribution in [2.75, 3.05) is 19.6 Å². The summed E-state index contributed by atoms with van der Waals surface area (Å²) in [6.45, 7) is -0.550. The Balaban J connectivity index is 1.64. The zero-order valence-electron chi connectivity index (χ0n) is 12.3. The minimum atomic E-state index is -3.04. The second-order valence-corrected chi connectivity index (χ2v) is 6.04. The average molecular weight is 322 g/mol. The number of allylic oxidation sites excluding steroid dienone is 2. The molecule has 1 aliphatic carbocycles. The maximum atomic E-state index is 13.4. The van der Waals surface area contributed by atoms with E-state index in [0.29, 0.717) is 6.54 Å². The van der Waals surface area contributed by atoms with Gasteiger partial charge in [-0.25, -0.2) is 13.8 Å². The van der Waals surface area contributed by atoms with Crippen LogP contribution in [0.5, 0.6) is 0 Å². The van der Waals surface area contributed by atoms with Gasteiger partial charge in [-0.1, -0.05) is 24.3 Å². The minimum absolute atomic E-state index is 0.0478. The topological polar surface area (TPSA) is 76.4 Å². The van der Waals surface area contributed by atoms with Crippen molar-refractivity contribution in [2.24, 2.45) is 11.8 Å². The fraction of sp³-hybridized carbons (Fsp3) is 0.533. The molecule has 0 radical (unpaired) electrons. The number of nitrogens with one attached hydrogen (secondary N) is 1. The third kappa shape index (κ3) is 3.10. The second-order valence-electron chi connectivity index (χ2n) is 6.04. The Kier molecular flexibility index (Phi) is 3.90. The molecule has 2 aliphatic heterocycles. The van der Waals surface area contributed by atoms with E-state index in [1.807, 2.05) is 12.2 Å². The fourth-order valence-electron chi connectivity index (χ4n) is 3.19. The normalized spacial score (nSPS) is 32.3. The number of nitrogens with zero attached hydrogens (tertiary/aromatic N) is 3. The number of nitriles is 1. The van der Waals surface area contributed by atoms with Crippen LogP contribution in [0.3, 0.4) is 0 Å². The van der Waals surface area contributed by atoms with E-state index in [2.05, 4.69) is 5.43 Å². The van der Waals surface area contributed by atoms with Crippen LogP contribution in [-0.2, 0) is 9.59 Å². The summed E-state index contributed by atoms with van der Waals surface area (Å²) >= 11 is 0. The first kappa shape index (κ1) is 15.6. The number of halogens is 2. The molecule has 3 unspecified atom stereocenters. The highest BCUT2D eigenvalue weighted by Gasteiger charge is 2.47. The summed E-state index contributed by atoms with van der Waals surface area (Å²) in [6, 6.07) is 0.619. The molecule has 2 fully saturated rings. The SMILES string of the molecule is N#CC1CC(F)(F)CN1C(=O)CN1CC2C=CC=CC2C(=O)N1. The third-order valence-electron chi connectivity index (χ3n) is 4.32. The van der Waals surface area contributed by atoms with Gasteiger partial charge >= 0.3 is 0 Å². The van der Waals surface area contributed by atoms with Crippen molar-refractivity contribution in [3.63, 3.8) is 0 Å². The lowest BCUT2D eigenvalue weighted by atomic mass is 9.86. The van der Waals surface area contributed by atoms with Crippen LogP contribution in [0.1, 0.15) is 6.42 Å². The number of hydrazine groups is 1. The number of carbonyl (C=O) groups excluding carboxylic acids is 2. The first-order chi connectivity index (χ1) is 10.9. The molecule has 23 heavy (non-hydrogen) atoms. The summed E-state index contributed by atoms with van der Waals surface area (Å²) in [6.07, 6.45) is 6.69. The van der Waals surface area contributed by atoms with Crippen molar-refractivity contribution >= 4 is 11.8 Å². The van der Waals surface area contributed by atoms with Gasteiger partial charge in [0.25, 0.3) is 5.92 Å². The van der Waals surface area contributed by atoms with E-state index in [1.165, 1.54) is 5.01 Å². The number of alkyl halides is 2. The predicted molar refractivity (Wildman–Crippen MR) is 75.7 cm³/mol. The van der Waals surface area contributed by atoms with Gasteiger partial charge in [0.2, 0.25) is 11.8 Å². The van der Waals surface area contributed by atoms with Crippen molar-refractivity contribution in [1.29, 1.82) is 5.26 Å². The van der Waals surface area contributed by atoms with Gasteiger partial charge in [-0.2, -0.15) is 5.26 Å². The zero-order chi connectivity index (χ0) is 16.6. The number of amides is 2. The van der Waals surface area contributed by atoms with Gasteiger partial charge in [0.05, 0.1) is 25.1 Å². The summed E-state index contributed by atoms with van der Waals surface area (Å²) in [5.41, 5.74) is 2.61. The van der Waals surface area contributed by atoms with E-state index < -0.39 is 30.8 Å². The van der Waals surface area contributed by atoms with E-state index >= 15 is 0 Å². The molecular formula is C15H16F2N4O2. The maximum absolute atomic E-state index is 13.4. The molecule has 3 rings (SSSR count). The summed E-state index contributed by atoms with van der Waals surface area (Å²) in [4.78, 5) is 25.2. The van der Waals surface area contributed by atoms with E-state index in [0.717, 1.165) is 4.90 Å². The molecule has 2 heterocycles. The van der Waals surface area contributed by atoms with Gasteiger partial charge in [-0.3, -0.25) is 15.0 Å². The monoisotopic (exact) mass is 322 g/mol. The number of carbonyl (C=O) groups is 2. The highest BCUT2D eigenvalue weighted by Crippen LogP contribution is 2.32. The van der Waals surface area contributed by atoms with Crippen molar-refractivity contribution in [2.45, 2.75) is 18.4 Å². The quantitative estimate of drug-likeness (QED) is 0.801. The highest BCUT2D eigenvalue weighted by molar-refractivity contribution is 5.83. The molecule has 3 aliphatic rings. The minimum Gasteiger partial charge on any atom is -0.319 e. The van der Waals surface area contributed by atoms with Gasteiger partial charge in [-0.15, -0.1) is 0 Å². The molecule has 2 amide bonds. The Bertz CT molecular complexity index is 625. The van der Waals surface area contributed by atoms with Crippen LogP contribution in [0.25, 0.3) is 0 Å². The maximum Gasteiger partial charge on any atom is 0.268 e. The Morgan fingerprint density at radius 2 is 2.17 bits per heavy atom. The molecule has 0 aromatic carbocycles. The molecule has 3 atom stereocenters. The molecule has 0 spiro atoms. The lowest BCUT2D eigenvalue weighted by Gasteiger charge is -2.37. The smallest absolute Gasteiger partial charge is 0.268 e. The van der Waals surface area contributed by atoms with Crippen LogP contribution < -0.4 is 5.43 Å². The van der Waals surface area contributed by atoms with Crippen LogP contribution >= 0.6 is 0 Å². The van der Waals surface area contributed by atoms with Gasteiger partial charge in [-0.05, 0) is 0 Å². The second kappa shape index (κ2) is 5.74. The molecule has 6 nitrogen and oxygen atoms in total. The van der Waals surface area contributed by atoms with Crippen LogP contribution in [0.15, 0.2) is 24.3 Å². The van der Waals surface area contributed by atoms with Crippen LogP contribution in [0.4, 0.5) is 8.78 Å². The molecule has 0 aromatic rings. The van der Waals surface area contributed by atoms with Gasteiger partial charge in [0.15, 0.2) is 0 Å². The Labute approximate surface area is 132 Å². The van der Waals surface area contributed by atoms with E-state index in [1.54, 1.807) is 18.2 Å². The lowest BCUT2D eigenvalue weighted by molar-refractivity contribution is -0.140. The van der Waals surface area contributed by atoms with E-state index in [9.17, 15) is 18.4 Å². The van der Waals surface area contributed by atoms with Crippen molar-refractivity contribution < 1.29 is 18.4 Å². The Morgan fingerprint density at radius 3 is 2.91 bits per heavy atom. The largest absolute Gasteiger partial charge is 0.319 e. The number of fused-ring (bicyclic) bond motifs is 1. The molecule has 8 heteroatoms. The zero-order valence-corrected chi connectivity index (χ0v) is 12.3. The fourth-order valence-corrected chi connectivity index (χ4v) is 3.19. The Morgan fingerprint density at radius 1 is 1.43 bits per heavy atom. The number of likely N-dealkylation sites (tertiary alicyclic amines) is 1. The third-order valence-corrected chi connectivity index (χ3v) is 4.32. The standard InChI is InChI=1S/C15H16F2N4O2/c16-15(17)5-11(6-18)21(9-15)13(22)8-20-7-10-3-1-2-4-12(10)14(23)19-20/h1-4,10-12H,5,7-9H2,(H,19,23). The lowest BCUT2D eigenvalue weighted by Crippen LogP contribution is -2.57. The molecular weight excluding hydrogens is 306 g/mol. The van der Waals surface area contributed by atoms with Gasteiger partial charge < -0.3 is 4.90 Å². The van der Waals surface area contributed by atoms with E-state index in [-0.39, 0.29) is 24.3 Å². The number of rotatable bonds is 2. The first-order valence-electron chi connectivity index (χ1n) is 7.37. The summed E-state index contributed by atoms with van der Waals surface area (Å²) in [5, 5.41) is 10.4. The summed E-state index contributed by atoms with van der Waals surface area (Å²) in [5.74, 6) is -4.16. The van der Waals surface area contributed by atoms with Crippen molar-refractivity contribution in [3.05, 3.63) is 24.3 Å². The van der Waals surface area contributed by atoms with Gasteiger partial charge in [0, 0.05) is 18.9 Å². The molecule has 0 aromatic heterocycles. The summed E-state index contributed by atoms with van der Waals surface area (Å²) in [7, 11) is 0. The first-order valence-corrected chi connectivity index (χ1v) is 7.37. The van der Waals surface area contributed by atoms with E-state index in [4.69, 9.17) is 5.26 Å². The molecule has 0 saturated carbocycles. The molecule has 122 valence electrons.